The number of pyridine rings is 1. The van der Waals surface area contributed by atoms with Crippen LogP contribution in [0, 0.1) is 5.41 Å². The lowest BCUT2D eigenvalue weighted by molar-refractivity contribution is -0.0600. The number of hydrogen-bond acceptors (Lipinski definition) is 6. The normalized spacial score (nSPS) is 32.7. The summed E-state index contributed by atoms with van der Waals surface area (Å²) >= 11 is 5.96. The highest BCUT2D eigenvalue weighted by molar-refractivity contribution is 7.91. The van der Waals surface area contributed by atoms with Crippen molar-refractivity contribution in [1.29, 1.82) is 0 Å². The first-order valence-corrected chi connectivity index (χ1v) is 11.4. The van der Waals surface area contributed by atoms with Gasteiger partial charge in [-0.2, -0.15) is 0 Å². The van der Waals surface area contributed by atoms with Crippen LogP contribution in [0.4, 0.5) is 0 Å². The van der Waals surface area contributed by atoms with E-state index < -0.39 is 15.2 Å². The third-order valence-electron chi connectivity index (χ3n) is 6.08. The number of sulfone groups is 1. The summed E-state index contributed by atoms with van der Waals surface area (Å²) in [5.41, 5.74) is 1.52. The van der Waals surface area contributed by atoms with Gasteiger partial charge in [0.1, 0.15) is 5.52 Å². The number of aromatic nitrogens is 2. The van der Waals surface area contributed by atoms with Crippen LogP contribution in [0.25, 0.3) is 11.2 Å². The topological polar surface area (TPSA) is 76.3 Å². The number of oxazole rings is 1. The lowest BCUT2D eigenvalue weighted by atomic mass is 9.49. The average Bonchev–Trinajstić information content (AvgIpc) is 2.94. The first-order valence-electron chi connectivity index (χ1n) is 9.06. The Bertz CT molecular complexity index is 1060. The molecule has 2 aliphatic carbocycles. The third kappa shape index (κ3) is 2.88. The van der Waals surface area contributed by atoms with Gasteiger partial charge < -0.3 is 9.32 Å². The fourth-order valence-electron chi connectivity index (χ4n) is 4.82. The average molecular weight is 406 g/mol. The summed E-state index contributed by atoms with van der Waals surface area (Å²) in [5.74, 6) is 1.05. The van der Waals surface area contributed by atoms with Gasteiger partial charge in [-0.3, -0.25) is 0 Å². The van der Waals surface area contributed by atoms with Crippen LogP contribution in [0.2, 0.25) is 5.02 Å². The fraction of sp³-hybridized carbons (Fsp3) is 0.474. The monoisotopic (exact) mass is 405 g/mol. The van der Waals surface area contributed by atoms with Gasteiger partial charge in [0.05, 0.1) is 5.02 Å². The highest BCUT2D eigenvalue weighted by atomic mass is 35.5. The minimum Gasteiger partial charge on any atom is -0.422 e. The quantitative estimate of drug-likeness (QED) is 0.775. The Morgan fingerprint density at radius 2 is 2.04 bits per heavy atom. The molecule has 1 unspecified atom stereocenters. The second-order valence-corrected chi connectivity index (χ2v) is 10.7. The Morgan fingerprint density at radius 3 is 2.78 bits per heavy atom. The molecule has 3 heterocycles. The molecule has 1 spiro atoms. The van der Waals surface area contributed by atoms with E-state index in [1.54, 1.807) is 18.3 Å². The standard InChI is InChI=1S/C19H20ClN3O3S/c1-27(24,25)16-4-2-3-5-23(16)14-9-19(10-14)7-12(8-19)17-22-15-6-13(20)11-21-18(15)26-17/h2-6,11-12,14,16H,7-10H2,1H3. The highest BCUT2D eigenvalue weighted by Crippen LogP contribution is 2.63. The number of halogens is 1. The lowest BCUT2D eigenvalue weighted by Crippen LogP contribution is -2.57. The molecule has 0 saturated heterocycles. The Balaban J connectivity index is 1.25. The van der Waals surface area contributed by atoms with Gasteiger partial charge in [0.15, 0.2) is 15.2 Å². The van der Waals surface area contributed by atoms with Gasteiger partial charge >= 0.3 is 0 Å². The molecule has 1 aliphatic heterocycles. The summed E-state index contributed by atoms with van der Waals surface area (Å²) in [6, 6.07) is 2.04. The number of rotatable bonds is 3. The first kappa shape index (κ1) is 17.3. The van der Waals surface area contributed by atoms with E-state index in [1.165, 1.54) is 6.26 Å². The fourth-order valence-corrected chi connectivity index (χ4v) is 6.03. The van der Waals surface area contributed by atoms with Crippen LogP contribution < -0.4 is 0 Å². The van der Waals surface area contributed by atoms with Gasteiger partial charge in [-0.05, 0) is 49.3 Å². The van der Waals surface area contributed by atoms with Crippen molar-refractivity contribution in [2.24, 2.45) is 5.41 Å². The molecule has 8 heteroatoms. The van der Waals surface area contributed by atoms with Gasteiger partial charge in [0, 0.05) is 30.6 Å². The number of allylic oxidation sites excluding steroid dienone is 2. The summed E-state index contributed by atoms with van der Waals surface area (Å²) in [6.45, 7) is 0. The van der Waals surface area contributed by atoms with Gasteiger partial charge in [-0.1, -0.05) is 17.7 Å². The zero-order valence-corrected chi connectivity index (χ0v) is 16.4. The maximum atomic E-state index is 12.1. The SMILES string of the molecule is CS(=O)(=O)C1C=CC=CN1C1CC2(CC(c3nc4cc(Cl)cnc4o3)C2)C1. The van der Waals surface area contributed by atoms with Crippen LogP contribution >= 0.6 is 11.6 Å². The van der Waals surface area contributed by atoms with Gasteiger partial charge in [-0.15, -0.1) is 0 Å². The van der Waals surface area contributed by atoms with E-state index in [9.17, 15) is 8.42 Å². The predicted molar refractivity (Wildman–Crippen MR) is 103 cm³/mol. The second-order valence-electron chi connectivity index (χ2n) is 8.09. The summed E-state index contributed by atoms with van der Waals surface area (Å²) in [5, 5.41) is 0.00640. The summed E-state index contributed by atoms with van der Waals surface area (Å²) in [6.07, 6.45) is 14.3. The third-order valence-corrected chi connectivity index (χ3v) is 7.56. The van der Waals surface area contributed by atoms with Crippen LogP contribution in [0.1, 0.15) is 37.5 Å². The zero-order chi connectivity index (χ0) is 18.8. The smallest absolute Gasteiger partial charge is 0.247 e. The minimum absolute atomic E-state index is 0.274. The molecule has 0 radical (unpaired) electrons. The van der Waals surface area contributed by atoms with Crippen molar-refractivity contribution in [3.63, 3.8) is 0 Å². The van der Waals surface area contributed by atoms with Crippen LogP contribution in [0.5, 0.6) is 0 Å². The molecule has 27 heavy (non-hydrogen) atoms. The largest absolute Gasteiger partial charge is 0.422 e. The molecule has 5 rings (SSSR count). The summed E-state index contributed by atoms with van der Waals surface area (Å²) in [4.78, 5) is 10.7. The van der Waals surface area contributed by atoms with E-state index in [4.69, 9.17) is 16.0 Å². The zero-order valence-electron chi connectivity index (χ0n) is 14.9. The van der Waals surface area contributed by atoms with Crippen molar-refractivity contribution in [2.45, 2.75) is 43.0 Å². The molecular weight excluding hydrogens is 386 g/mol. The summed E-state index contributed by atoms with van der Waals surface area (Å²) < 4.78 is 29.9. The number of hydrogen-bond donors (Lipinski definition) is 0. The maximum absolute atomic E-state index is 12.1. The van der Waals surface area contributed by atoms with Crippen molar-refractivity contribution in [3.05, 3.63) is 47.6 Å². The van der Waals surface area contributed by atoms with Crippen LogP contribution in [0.15, 0.2) is 41.1 Å². The second kappa shape index (κ2) is 5.82. The molecule has 0 bridgehead atoms. The van der Waals surface area contributed by atoms with Crippen LogP contribution in [-0.4, -0.2) is 41.0 Å². The van der Waals surface area contributed by atoms with Crippen molar-refractivity contribution >= 4 is 32.7 Å². The highest BCUT2D eigenvalue weighted by Gasteiger charge is 2.56. The van der Waals surface area contributed by atoms with E-state index in [0.717, 1.165) is 31.6 Å². The molecule has 3 aliphatic rings. The van der Waals surface area contributed by atoms with Crippen molar-refractivity contribution in [2.75, 3.05) is 6.26 Å². The maximum Gasteiger partial charge on any atom is 0.247 e. The molecule has 2 aromatic rings. The van der Waals surface area contributed by atoms with E-state index in [2.05, 4.69) is 9.97 Å². The molecule has 0 aromatic carbocycles. The molecule has 142 valence electrons. The number of fused-ring (bicyclic) bond motifs is 1. The minimum atomic E-state index is -3.15. The predicted octanol–water partition coefficient (Wildman–Crippen LogP) is 3.66. The lowest BCUT2D eigenvalue weighted by Gasteiger charge is -2.60. The van der Waals surface area contributed by atoms with Gasteiger partial charge in [0.2, 0.25) is 11.6 Å². The molecule has 2 aromatic heterocycles. The van der Waals surface area contributed by atoms with Crippen LogP contribution in [-0.2, 0) is 9.84 Å². The molecule has 6 nitrogen and oxygen atoms in total. The van der Waals surface area contributed by atoms with Crippen molar-refractivity contribution in [3.8, 4) is 0 Å². The van der Waals surface area contributed by atoms with Crippen molar-refractivity contribution in [1.82, 2.24) is 14.9 Å². The summed E-state index contributed by atoms with van der Waals surface area (Å²) in [7, 11) is -3.15. The molecule has 0 N–H and O–H groups in total. The van der Waals surface area contributed by atoms with Crippen molar-refractivity contribution < 1.29 is 12.8 Å². The van der Waals surface area contributed by atoms with E-state index >= 15 is 0 Å². The Hall–Kier alpha value is -1.86. The Morgan fingerprint density at radius 1 is 1.26 bits per heavy atom. The van der Waals surface area contributed by atoms with Gasteiger partial charge in [0.25, 0.3) is 0 Å². The van der Waals surface area contributed by atoms with E-state index in [-0.39, 0.29) is 11.5 Å². The Labute approximate surface area is 162 Å². The van der Waals surface area contributed by atoms with Crippen LogP contribution in [0.3, 0.4) is 0 Å². The molecular formula is C19H20ClN3O3S. The van der Waals surface area contributed by atoms with E-state index in [1.807, 2.05) is 23.3 Å². The number of nitrogens with zero attached hydrogens (tertiary/aromatic N) is 3. The molecule has 1 atom stereocenters. The van der Waals surface area contributed by atoms with E-state index in [0.29, 0.717) is 22.2 Å². The molecule has 2 saturated carbocycles. The Kier molecular flexibility index (Phi) is 3.72. The van der Waals surface area contributed by atoms with Gasteiger partial charge in [-0.25, -0.2) is 18.4 Å². The molecule has 2 fully saturated rings. The first-order chi connectivity index (χ1) is 12.8. The molecule has 0 amide bonds.